The van der Waals surface area contributed by atoms with Gasteiger partial charge >= 0.3 is 0 Å². The summed E-state index contributed by atoms with van der Waals surface area (Å²) in [7, 11) is -4.72. The molecule has 1 aromatic carbocycles. The fraction of sp³-hybridized carbons (Fsp3) is 0.538. The van der Waals surface area contributed by atoms with E-state index in [0.29, 0.717) is 29.5 Å². The van der Waals surface area contributed by atoms with E-state index in [0.717, 1.165) is 18.4 Å². The average molecular weight is 332 g/mol. The molecule has 0 saturated heterocycles. The number of aryl methyl sites for hydroxylation is 1. The summed E-state index contributed by atoms with van der Waals surface area (Å²) in [6, 6.07) is 3.16. The number of rotatable bonds is 6. The minimum Gasteiger partial charge on any atom is -0.492 e. The number of nitrogen functional groups attached to an aromatic ring is 1. The van der Waals surface area contributed by atoms with Crippen LogP contribution in [0.4, 0.5) is 5.69 Å². The van der Waals surface area contributed by atoms with Crippen molar-refractivity contribution in [1.29, 1.82) is 0 Å². The second-order valence-electron chi connectivity index (χ2n) is 4.79. The predicted octanol–water partition coefficient (Wildman–Crippen LogP) is 0.641. The Hall–Kier alpha value is -1.12. The maximum atomic E-state index is 12.4. The van der Waals surface area contributed by atoms with E-state index in [9.17, 15) is 12.6 Å². The first-order valence-electron chi connectivity index (χ1n) is 6.84. The van der Waals surface area contributed by atoms with E-state index in [2.05, 4.69) is 4.72 Å². The lowest BCUT2D eigenvalue weighted by molar-refractivity contribution is 0.280. The maximum absolute atomic E-state index is 12.4. The van der Waals surface area contributed by atoms with E-state index in [1.165, 1.54) is 6.07 Å². The third-order valence-electron chi connectivity index (χ3n) is 3.22. The predicted molar refractivity (Wildman–Crippen MR) is 83.4 cm³/mol. The first-order valence-corrected chi connectivity index (χ1v) is 9.81. The van der Waals surface area contributed by atoms with E-state index < -0.39 is 20.8 Å². The molecule has 1 atom stereocenters. The number of nitrogens with two attached hydrogens (primary N) is 1. The van der Waals surface area contributed by atoms with Gasteiger partial charge in [-0.2, -0.15) is 0 Å². The van der Waals surface area contributed by atoms with Crippen LogP contribution in [0.5, 0.6) is 5.75 Å². The smallest absolute Gasteiger partial charge is 0.244 e. The molecule has 8 heteroatoms. The molecule has 118 valence electrons. The van der Waals surface area contributed by atoms with Gasteiger partial charge in [-0.05, 0) is 30.5 Å². The number of benzene rings is 1. The van der Waals surface area contributed by atoms with Gasteiger partial charge in [-0.25, -0.2) is 13.1 Å². The van der Waals surface area contributed by atoms with Crippen LogP contribution in [0.15, 0.2) is 17.0 Å². The average Bonchev–Trinajstić information content (AvgIpc) is 2.45. The van der Waals surface area contributed by atoms with Crippen LogP contribution >= 0.6 is 0 Å². The Morgan fingerprint density at radius 1 is 1.43 bits per heavy atom. The Morgan fingerprint density at radius 3 is 2.90 bits per heavy atom. The third-order valence-corrected chi connectivity index (χ3v) is 5.99. The van der Waals surface area contributed by atoms with E-state index in [1.54, 1.807) is 13.0 Å². The van der Waals surface area contributed by atoms with Crippen molar-refractivity contribution in [2.45, 2.75) is 24.7 Å². The standard InChI is InChI=1S/C13H20N2O4S2/c1-2-20(16)7-5-15-21(17,18)12-9-11(14)8-10-4-3-6-19-13(10)12/h8-9,15H,2-7,14H2,1H3. The van der Waals surface area contributed by atoms with Gasteiger partial charge in [-0.1, -0.05) is 6.92 Å². The molecule has 1 heterocycles. The summed E-state index contributed by atoms with van der Waals surface area (Å²) in [6.45, 7) is 2.43. The first-order chi connectivity index (χ1) is 9.94. The number of nitrogens with one attached hydrogen (secondary N) is 1. The van der Waals surface area contributed by atoms with Crippen molar-refractivity contribution in [2.24, 2.45) is 0 Å². The zero-order valence-corrected chi connectivity index (χ0v) is 13.6. The number of hydrogen-bond donors (Lipinski definition) is 2. The van der Waals surface area contributed by atoms with Crippen molar-refractivity contribution in [2.75, 3.05) is 30.4 Å². The van der Waals surface area contributed by atoms with E-state index in [-0.39, 0.29) is 11.4 Å². The maximum Gasteiger partial charge on any atom is 0.244 e. The number of sulfonamides is 1. The van der Waals surface area contributed by atoms with Crippen LogP contribution in [0.3, 0.4) is 0 Å². The molecule has 1 aliphatic rings. The Bertz CT molecular complexity index is 644. The quantitative estimate of drug-likeness (QED) is 0.745. The molecule has 3 N–H and O–H groups in total. The summed E-state index contributed by atoms with van der Waals surface area (Å²) in [6.07, 6.45) is 1.60. The summed E-state index contributed by atoms with van der Waals surface area (Å²) in [4.78, 5) is 0.0690. The molecule has 0 saturated carbocycles. The van der Waals surface area contributed by atoms with Gasteiger partial charge in [0.25, 0.3) is 0 Å². The Morgan fingerprint density at radius 2 is 2.19 bits per heavy atom. The summed E-state index contributed by atoms with van der Waals surface area (Å²) in [5, 5.41) is 0. The van der Waals surface area contributed by atoms with Gasteiger partial charge in [0.05, 0.1) is 6.61 Å². The molecular formula is C13H20N2O4S2. The molecule has 0 spiro atoms. The van der Waals surface area contributed by atoms with Crippen molar-refractivity contribution < 1.29 is 17.4 Å². The molecule has 0 radical (unpaired) electrons. The van der Waals surface area contributed by atoms with Crippen molar-refractivity contribution in [3.63, 3.8) is 0 Å². The molecule has 0 bridgehead atoms. The van der Waals surface area contributed by atoms with Crippen LogP contribution < -0.4 is 15.2 Å². The van der Waals surface area contributed by atoms with E-state index >= 15 is 0 Å². The van der Waals surface area contributed by atoms with Gasteiger partial charge in [0.15, 0.2) is 0 Å². The monoisotopic (exact) mass is 332 g/mol. The van der Waals surface area contributed by atoms with Crippen molar-refractivity contribution in [1.82, 2.24) is 4.72 Å². The van der Waals surface area contributed by atoms with Gasteiger partial charge < -0.3 is 10.5 Å². The van der Waals surface area contributed by atoms with Crippen LogP contribution in [-0.4, -0.2) is 37.3 Å². The van der Waals surface area contributed by atoms with Crippen LogP contribution in [0.1, 0.15) is 18.9 Å². The van der Waals surface area contributed by atoms with Gasteiger partial charge in [-0.3, -0.25) is 4.21 Å². The lowest BCUT2D eigenvalue weighted by Gasteiger charge is -2.21. The second-order valence-corrected chi connectivity index (χ2v) is 8.39. The molecule has 6 nitrogen and oxygen atoms in total. The molecule has 0 aromatic heterocycles. The topological polar surface area (TPSA) is 98.5 Å². The van der Waals surface area contributed by atoms with Gasteiger partial charge in [-0.15, -0.1) is 0 Å². The van der Waals surface area contributed by atoms with Crippen molar-refractivity contribution >= 4 is 26.5 Å². The minimum absolute atomic E-state index is 0.0690. The molecule has 1 aromatic rings. The number of hydrogen-bond acceptors (Lipinski definition) is 5. The summed E-state index contributed by atoms with van der Waals surface area (Å²) in [5.41, 5.74) is 7.00. The third kappa shape index (κ3) is 3.96. The molecule has 21 heavy (non-hydrogen) atoms. The molecule has 2 rings (SSSR count). The molecule has 1 aliphatic heterocycles. The zero-order valence-electron chi connectivity index (χ0n) is 11.9. The zero-order chi connectivity index (χ0) is 15.5. The highest BCUT2D eigenvalue weighted by Gasteiger charge is 2.24. The lowest BCUT2D eigenvalue weighted by atomic mass is 10.1. The Balaban J connectivity index is 2.23. The second kappa shape index (κ2) is 6.76. The number of ether oxygens (including phenoxy) is 1. The fourth-order valence-corrected chi connectivity index (χ4v) is 4.18. The van der Waals surface area contributed by atoms with Crippen molar-refractivity contribution in [3.05, 3.63) is 17.7 Å². The highest BCUT2D eigenvalue weighted by molar-refractivity contribution is 7.89. The van der Waals surface area contributed by atoms with Crippen molar-refractivity contribution in [3.8, 4) is 5.75 Å². The van der Waals surface area contributed by atoms with E-state index in [4.69, 9.17) is 10.5 Å². The summed E-state index contributed by atoms with van der Waals surface area (Å²) < 4.78 is 44.1. The Kier molecular flexibility index (Phi) is 5.23. The van der Waals surface area contributed by atoms with Gasteiger partial charge in [0.2, 0.25) is 10.0 Å². The first kappa shape index (κ1) is 16.3. The molecule has 0 amide bonds. The van der Waals surface area contributed by atoms with Gasteiger partial charge in [0.1, 0.15) is 10.6 Å². The SMILES string of the molecule is CCS(=O)CCNS(=O)(=O)c1cc(N)cc2c1OCCC2. The lowest BCUT2D eigenvalue weighted by Crippen LogP contribution is -2.29. The normalized spacial score (nSPS) is 16.0. The number of anilines is 1. The fourth-order valence-electron chi connectivity index (χ4n) is 2.18. The van der Waals surface area contributed by atoms with Crippen LogP contribution in [0, 0.1) is 0 Å². The number of fused-ring (bicyclic) bond motifs is 1. The van der Waals surface area contributed by atoms with Crippen LogP contribution in [-0.2, 0) is 27.2 Å². The van der Waals surface area contributed by atoms with Crippen LogP contribution in [0.2, 0.25) is 0 Å². The van der Waals surface area contributed by atoms with Gasteiger partial charge in [0, 0.05) is 34.5 Å². The van der Waals surface area contributed by atoms with Crippen LogP contribution in [0.25, 0.3) is 0 Å². The summed E-state index contributed by atoms with van der Waals surface area (Å²) >= 11 is 0. The molecule has 1 unspecified atom stereocenters. The molecule has 0 fully saturated rings. The van der Waals surface area contributed by atoms with E-state index in [1.807, 2.05) is 0 Å². The Labute approximate surface area is 127 Å². The summed E-state index contributed by atoms with van der Waals surface area (Å²) in [5.74, 6) is 1.19. The molecule has 0 aliphatic carbocycles. The molecular weight excluding hydrogens is 312 g/mol. The minimum atomic E-state index is -3.72. The highest BCUT2D eigenvalue weighted by Crippen LogP contribution is 2.34. The highest BCUT2D eigenvalue weighted by atomic mass is 32.2. The largest absolute Gasteiger partial charge is 0.492 e.